The Morgan fingerprint density at radius 1 is 1.17 bits per heavy atom. The number of carbonyl (C=O) groups is 2. The lowest BCUT2D eigenvalue weighted by atomic mass is 10.0. The summed E-state index contributed by atoms with van der Waals surface area (Å²) in [7, 11) is 0. The third-order valence-corrected chi connectivity index (χ3v) is 4.14. The van der Waals surface area contributed by atoms with Gasteiger partial charge < -0.3 is 9.84 Å². The molecule has 0 aliphatic carbocycles. The van der Waals surface area contributed by atoms with Crippen LogP contribution < -0.4 is 0 Å². The number of hydrogen-bond donors (Lipinski definition) is 1. The number of benzene rings is 1. The summed E-state index contributed by atoms with van der Waals surface area (Å²) in [6, 6.07) is 4.57. The van der Waals surface area contributed by atoms with Crippen LogP contribution in [0.15, 0.2) is 22.7 Å². The smallest absolute Gasteiger partial charge is 0.339 e. The van der Waals surface area contributed by atoms with Crippen LogP contribution in [0.4, 0.5) is 0 Å². The molecule has 0 aliphatic heterocycles. The van der Waals surface area contributed by atoms with Crippen molar-refractivity contribution >= 4 is 27.9 Å². The lowest BCUT2D eigenvalue weighted by Gasteiger charge is -2.19. The molecule has 0 spiro atoms. The first-order chi connectivity index (χ1) is 10.8. The van der Waals surface area contributed by atoms with E-state index in [0.717, 1.165) is 32.1 Å². The predicted molar refractivity (Wildman–Crippen MR) is 93.9 cm³/mol. The van der Waals surface area contributed by atoms with E-state index >= 15 is 0 Å². The average Bonchev–Trinajstić information content (AvgIpc) is 2.49. The van der Waals surface area contributed by atoms with Crippen LogP contribution in [0.2, 0.25) is 0 Å². The first kappa shape index (κ1) is 19.7. The van der Waals surface area contributed by atoms with Crippen LogP contribution in [0.3, 0.4) is 0 Å². The second-order valence-electron chi connectivity index (χ2n) is 6.14. The van der Waals surface area contributed by atoms with E-state index in [9.17, 15) is 14.7 Å². The highest BCUT2D eigenvalue weighted by molar-refractivity contribution is 9.10. The minimum Gasteiger partial charge on any atom is -0.478 e. The zero-order valence-electron chi connectivity index (χ0n) is 14.0. The van der Waals surface area contributed by atoms with Gasteiger partial charge in [-0.05, 0) is 43.4 Å². The number of carboxylic acids is 1. The van der Waals surface area contributed by atoms with Crippen LogP contribution >= 0.6 is 15.9 Å². The molecule has 1 rings (SSSR count). The van der Waals surface area contributed by atoms with E-state index in [-0.39, 0.29) is 17.2 Å². The van der Waals surface area contributed by atoms with Crippen molar-refractivity contribution in [1.82, 2.24) is 0 Å². The average molecular weight is 385 g/mol. The third-order valence-electron chi connectivity index (χ3n) is 3.65. The first-order valence-electron chi connectivity index (χ1n) is 8.09. The lowest BCUT2D eigenvalue weighted by Crippen LogP contribution is -2.21. The lowest BCUT2D eigenvalue weighted by molar-refractivity contribution is 0.0238. The van der Waals surface area contributed by atoms with Gasteiger partial charge in [0.05, 0.1) is 11.1 Å². The fourth-order valence-electron chi connectivity index (χ4n) is 2.30. The van der Waals surface area contributed by atoms with Gasteiger partial charge in [-0.15, -0.1) is 0 Å². The Kier molecular flexibility index (Phi) is 8.31. The molecule has 1 atom stereocenters. The number of carbonyl (C=O) groups excluding carboxylic acids is 1. The van der Waals surface area contributed by atoms with E-state index in [1.165, 1.54) is 12.1 Å². The minimum atomic E-state index is -1.13. The summed E-state index contributed by atoms with van der Waals surface area (Å²) in [5.74, 6) is -1.15. The summed E-state index contributed by atoms with van der Waals surface area (Å²) in [5.41, 5.74) is 0.0641. The Balaban J connectivity index is 2.87. The highest BCUT2D eigenvalue weighted by atomic mass is 79.9. The van der Waals surface area contributed by atoms with Crippen molar-refractivity contribution in [3.05, 3.63) is 33.8 Å². The molecule has 0 aliphatic rings. The van der Waals surface area contributed by atoms with Crippen LogP contribution in [-0.4, -0.2) is 23.1 Å². The number of unbranched alkanes of at least 4 members (excludes halogenated alkanes) is 1. The highest BCUT2D eigenvalue weighted by Crippen LogP contribution is 2.21. The van der Waals surface area contributed by atoms with Gasteiger partial charge in [0.25, 0.3) is 0 Å². The predicted octanol–water partition coefficient (Wildman–Crippen LogP) is 5.30. The van der Waals surface area contributed by atoms with Crippen molar-refractivity contribution in [2.45, 2.75) is 59.0 Å². The van der Waals surface area contributed by atoms with Gasteiger partial charge in [-0.1, -0.05) is 49.5 Å². The highest BCUT2D eigenvalue weighted by Gasteiger charge is 2.21. The molecule has 0 saturated carbocycles. The van der Waals surface area contributed by atoms with Gasteiger partial charge in [0.2, 0.25) is 0 Å². The second kappa shape index (κ2) is 9.71. The number of rotatable bonds is 9. The molecule has 5 heteroatoms. The van der Waals surface area contributed by atoms with Crippen LogP contribution in [0, 0.1) is 5.92 Å². The van der Waals surface area contributed by atoms with Gasteiger partial charge in [0.1, 0.15) is 6.10 Å². The van der Waals surface area contributed by atoms with E-state index in [4.69, 9.17) is 4.74 Å². The Morgan fingerprint density at radius 3 is 2.43 bits per heavy atom. The van der Waals surface area contributed by atoms with Crippen molar-refractivity contribution in [2.75, 3.05) is 0 Å². The van der Waals surface area contributed by atoms with Crippen LogP contribution in [-0.2, 0) is 4.74 Å². The maximum absolute atomic E-state index is 12.4. The topological polar surface area (TPSA) is 63.6 Å². The number of aromatic carboxylic acids is 1. The molecular weight excluding hydrogens is 360 g/mol. The van der Waals surface area contributed by atoms with Crippen molar-refractivity contribution in [2.24, 2.45) is 5.92 Å². The van der Waals surface area contributed by atoms with Crippen LogP contribution in [0.5, 0.6) is 0 Å². The molecule has 0 heterocycles. The molecule has 1 N–H and O–H groups in total. The summed E-state index contributed by atoms with van der Waals surface area (Å²) in [4.78, 5) is 23.7. The molecule has 1 unspecified atom stereocenters. The molecule has 128 valence electrons. The van der Waals surface area contributed by atoms with E-state index in [1.807, 2.05) is 0 Å². The van der Waals surface area contributed by atoms with Crippen molar-refractivity contribution in [3.63, 3.8) is 0 Å². The Morgan fingerprint density at radius 2 is 1.87 bits per heavy atom. The molecule has 1 aromatic carbocycles. The van der Waals surface area contributed by atoms with Gasteiger partial charge in [-0.2, -0.15) is 0 Å². The van der Waals surface area contributed by atoms with E-state index in [1.54, 1.807) is 6.07 Å². The zero-order valence-corrected chi connectivity index (χ0v) is 15.6. The summed E-state index contributed by atoms with van der Waals surface area (Å²) in [6.45, 7) is 6.37. The maximum Gasteiger partial charge on any atom is 0.339 e. The molecule has 23 heavy (non-hydrogen) atoms. The minimum absolute atomic E-state index is 0.0394. The molecule has 0 fully saturated rings. The third kappa shape index (κ3) is 6.73. The Hall–Kier alpha value is -1.36. The first-order valence-corrected chi connectivity index (χ1v) is 8.88. The van der Waals surface area contributed by atoms with Crippen LogP contribution in [0.1, 0.15) is 73.6 Å². The number of halogens is 1. The second-order valence-corrected chi connectivity index (χ2v) is 7.05. The van der Waals surface area contributed by atoms with Gasteiger partial charge >= 0.3 is 11.9 Å². The van der Waals surface area contributed by atoms with Gasteiger partial charge in [-0.25, -0.2) is 9.59 Å². The summed E-state index contributed by atoms with van der Waals surface area (Å²) in [5, 5.41) is 9.26. The number of carboxylic acid groups (broad SMARTS) is 1. The molecule has 4 nitrogen and oxygen atoms in total. The quantitative estimate of drug-likeness (QED) is 0.586. The molecule has 0 saturated heterocycles. The fourth-order valence-corrected chi connectivity index (χ4v) is 2.66. The Bertz CT molecular complexity index is 540. The van der Waals surface area contributed by atoms with E-state index < -0.39 is 11.9 Å². The van der Waals surface area contributed by atoms with Crippen molar-refractivity contribution < 1.29 is 19.4 Å². The summed E-state index contributed by atoms with van der Waals surface area (Å²) >= 11 is 3.22. The number of ether oxygens (including phenoxy) is 1. The molecular formula is C18H25BrO4. The Labute approximate surface area is 146 Å². The summed E-state index contributed by atoms with van der Waals surface area (Å²) in [6.07, 6.45) is 4.47. The SMILES string of the molecule is CCCCC(CCC(C)C)OC(=O)c1ccc(Br)cc1C(=O)O. The van der Waals surface area contributed by atoms with E-state index in [2.05, 4.69) is 36.7 Å². The molecule has 0 amide bonds. The van der Waals surface area contributed by atoms with E-state index in [0.29, 0.717) is 10.4 Å². The normalized spacial score (nSPS) is 12.2. The van der Waals surface area contributed by atoms with Crippen molar-refractivity contribution in [3.8, 4) is 0 Å². The van der Waals surface area contributed by atoms with Gasteiger partial charge in [0.15, 0.2) is 0 Å². The molecule has 0 bridgehead atoms. The maximum atomic E-state index is 12.4. The largest absolute Gasteiger partial charge is 0.478 e. The number of hydrogen-bond acceptors (Lipinski definition) is 3. The standard InChI is InChI=1S/C18H25BrO4/c1-4-5-6-14(9-7-12(2)3)23-18(22)15-10-8-13(19)11-16(15)17(20)21/h8,10-12,14H,4-7,9H2,1-3H3,(H,20,21). The monoisotopic (exact) mass is 384 g/mol. The fraction of sp³-hybridized carbons (Fsp3) is 0.556. The van der Waals surface area contributed by atoms with Crippen LogP contribution in [0.25, 0.3) is 0 Å². The molecule has 0 aromatic heterocycles. The number of esters is 1. The molecule has 0 radical (unpaired) electrons. The summed E-state index contributed by atoms with van der Waals surface area (Å²) < 4.78 is 6.22. The molecule has 1 aromatic rings. The van der Waals surface area contributed by atoms with Gasteiger partial charge in [-0.3, -0.25) is 0 Å². The zero-order chi connectivity index (χ0) is 17.4. The van der Waals surface area contributed by atoms with Gasteiger partial charge in [0, 0.05) is 4.47 Å². The van der Waals surface area contributed by atoms with Crippen molar-refractivity contribution in [1.29, 1.82) is 0 Å².